The van der Waals surface area contributed by atoms with Crippen molar-refractivity contribution in [2.75, 3.05) is 6.54 Å². The second kappa shape index (κ2) is 4.94. The van der Waals surface area contributed by atoms with E-state index in [2.05, 4.69) is 4.99 Å². The first-order valence-corrected chi connectivity index (χ1v) is 6.37. The highest BCUT2D eigenvalue weighted by Crippen LogP contribution is 2.34. The SMILES string of the molecule is NC1=CCN=C(c2ccc(C(F)(F)F)cc2O)c2ccoc21. The number of halogens is 3. The maximum Gasteiger partial charge on any atom is 0.416 e. The van der Waals surface area contributed by atoms with Crippen molar-refractivity contribution in [1.29, 1.82) is 0 Å². The molecule has 0 amide bonds. The average molecular weight is 308 g/mol. The predicted molar refractivity (Wildman–Crippen MR) is 74.5 cm³/mol. The third-order valence-electron chi connectivity index (χ3n) is 3.32. The van der Waals surface area contributed by atoms with Crippen LogP contribution in [0.25, 0.3) is 5.70 Å². The summed E-state index contributed by atoms with van der Waals surface area (Å²) in [6, 6.07) is 4.38. The number of furan rings is 1. The molecule has 1 aromatic heterocycles. The van der Waals surface area contributed by atoms with E-state index < -0.39 is 17.5 Å². The molecule has 0 fully saturated rings. The summed E-state index contributed by atoms with van der Waals surface area (Å²) in [5.74, 6) is -0.114. The highest BCUT2D eigenvalue weighted by Gasteiger charge is 2.32. The number of hydrogen-bond donors (Lipinski definition) is 2. The molecule has 0 spiro atoms. The maximum absolute atomic E-state index is 12.7. The van der Waals surface area contributed by atoms with E-state index in [1.54, 1.807) is 12.1 Å². The second-order valence-electron chi connectivity index (χ2n) is 4.74. The number of hydrogen-bond acceptors (Lipinski definition) is 4. The second-order valence-corrected chi connectivity index (χ2v) is 4.74. The number of nitrogens with zero attached hydrogens (tertiary/aromatic N) is 1. The molecule has 3 rings (SSSR count). The van der Waals surface area contributed by atoms with Gasteiger partial charge in [-0.05, 0) is 30.3 Å². The van der Waals surface area contributed by atoms with Crippen molar-refractivity contribution >= 4 is 11.4 Å². The standard InChI is InChI=1S/C15H11F3N2O2/c16-15(17,18)8-1-2-9(12(21)7-8)13-10-4-6-22-14(10)11(19)3-5-20-13/h1-4,6-7,21H,5,19H2. The smallest absolute Gasteiger partial charge is 0.416 e. The first-order valence-electron chi connectivity index (χ1n) is 6.37. The van der Waals surface area contributed by atoms with E-state index in [0.717, 1.165) is 6.07 Å². The zero-order valence-corrected chi connectivity index (χ0v) is 11.2. The Morgan fingerprint density at radius 3 is 2.64 bits per heavy atom. The van der Waals surface area contributed by atoms with Crippen molar-refractivity contribution in [2.45, 2.75) is 6.18 Å². The van der Waals surface area contributed by atoms with Crippen molar-refractivity contribution < 1.29 is 22.7 Å². The van der Waals surface area contributed by atoms with E-state index in [1.165, 1.54) is 12.3 Å². The predicted octanol–water partition coefficient (Wildman–Crippen LogP) is 3.15. The molecule has 7 heteroatoms. The molecule has 114 valence electrons. The van der Waals surface area contributed by atoms with Crippen LogP contribution in [0.2, 0.25) is 0 Å². The van der Waals surface area contributed by atoms with Crippen LogP contribution < -0.4 is 5.73 Å². The zero-order valence-electron chi connectivity index (χ0n) is 11.2. The van der Waals surface area contributed by atoms with Crippen molar-refractivity contribution in [1.82, 2.24) is 0 Å². The molecule has 0 saturated carbocycles. The fraction of sp³-hybridized carbons (Fsp3) is 0.133. The lowest BCUT2D eigenvalue weighted by atomic mass is 9.99. The Kier molecular flexibility index (Phi) is 3.20. The van der Waals surface area contributed by atoms with Crippen LogP contribution in [0.1, 0.15) is 22.5 Å². The number of fused-ring (bicyclic) bond motifs is 1. The van der Waals surface area contributed by atoms with Gasteiger partial charge in [-0.15, -0.1) is 0 Å². The van der Waals surface area contributed by atoms with E-state index in [1.807, 2.05) is 0 Å². The maximum atomic E-state index is 12.7. The van der Waals surface area contributed by atoms with Crippen LogP contribution in [0, 0.1) is 0 Å². The molecule has 0 bridgehead atoms. The molecule has 4 nitrogen and oxygen atoms in total. The Labute approximate surface area is 123 Å². The molecule has 0 atom stereocenters. The molecule has 1 aliphatic heterocycles. The van der Waals surface area contributed by atoms with Gasteiger partial charge in [-0.25, -0.2) is 0 Å². The summed E-state index contributed by atoms with van der Waals surface area (Å²) < 4.78 is 43.3. The van der Waals surface area contributed by atoms with Gasteiger partial charge >= 0.3 is 6.18 Å². The minimum absolute atomic E-state index is 0.193. The van der Waals surface area contributed by atoms with Crippen molar-refractivity contribution in [3.05, 3.63) is 59.1 Å². The van der Waals surface area contributed by atoms with Gasteiger partial charge in [-0.1, -0.05) is 0 Å². The monoisotopic (exact) mass is 308 g/mol. The molecule has 1 aliphatic rings. The van der Waals surface area contributed by atoms with Crippen LogP contribution in [0.5, 0.6) is 5.75 Å². The number of rotatable bonds is 1. The highest BCUT2D eigenvalue weighted by atomic mass is 19.4. The van der Waals surface area contributed by atoms with E-state index in [-0.39, 0.29) is 12.1 Å². The van der Waals surface area contributed by atoms with Crippen LogP contribution >= 0.6 is 0 Å². The van der Waals surface area contributed by atoms with Gasteiger partial charge in [0.15, 0.2) is 5.76 Å². The van der Waals surface area contributed by atoms with Gasteiger partial charge in [0.1, 0.15) is 5.75 Å². The summed E-state index contributed by atoms with van der Waals surface area (Å²) in [5.41, 5.74) is 6.37. The summed E-state index contributed by atoms with van der Waals surface area (Å²) in [6.45, 7) is 0.242. The summed E-state index contributed by atoms with van der Waals surface area (Å²) >= 11 is 0. The Morgan fingerprint density at radius 2 is 1.95 bits per heavy atom. The van der Waals surface area contributed by atoms with Gasteiger partial charge in [0.25, 0.3) is 0 Å². The Hall–Kier alpha value is -2.70. The lowest BCUT2D eigenvalue weighted by Gasteiger charge is -2.11. The molecule has 0 aliphatic carbocycles. The molecule has 22 heavy (non-hydrogen) atoms. The van der Waals surface area contributed by atoms with Gasteiger partial charge < -0.3 is 15.3 Å². The van der Waals surface area contributed by atoms with Gasteiger partial charge in [-0.2, -0.15) is 13.2 Å². The van der Waals surface area contributed by atoms with E-state index in [0.29, 0.717) is 28.8 Å². The Morgan fingerprint density at radius 1 is 1.18 bits per heavy atom. The number of phenols is 1. The summed E-state index contributed by atoms with van der Waals surface area (Å²) in [4.78, 5) is 4.27. The van der Waals surface area contributed by atoms with E-state index in [9.17, 15) is 18.3 Å². The number of phenolic OH excluding ortho intramolecular Hbond substituents is 1. The van der Waals surface area contributed by atoms with Crippen molar-refractivity contribution in [3.8, 4) is 5.75 Å². The fourth-order valence-electron chi connectivity index (χ4n) is 2.27. The fourth-order valence-corrected chi connectivity index (χ4v) is 2.27. The summed E-state index contributed by atoms with van der Waals surface area (Å²) in [7, 11) is 0. The van der Waals surface area contributed by atoms with Crippen LogP contribution in [0.3, 0.4) is 0 Å². The van der Waals surface area contributed by atoms with E-state index >= 15 is 0 Å². The summed E-state index contributed by atoms with van der Waals surface area (Å²) in [5, 5.41) is 9.97. The minimum Gasteiger partial charge on any atom is -0.507 e. The first-order chi connectivity index (χ1) is 10.4. The Bertz CT molecular complexity index is 788. The molecule has 0 saturated heterocycles. The number of aliphatic imine (C=N–C) groups is 1. The zero-order chi connectivity index (χ0) is 15.9. The van der Waals surface area contributed by atoms with Crippen LogP contribution in [0.15, 0.2) is 46.0 Å². The quantitative estimate of drug-likeness (QED) is 0.850. The molecule has 2 heterocycles. The molecule has 1 aromatic carbocycles. The van der Waals surface area contributed by atoms with Crippen LogP contribution in [-0.2, 0) is 6.18 Å². The number of nitrogens with two attached hydrogens (primary N) is 1. The third kappa shape index (κ3) is 2.34. The first kappa shape index (κ1) is 14.2. The molecular formula is C15H11F3N2O2. The van der Waals surface area contributed by atoms with Gasteiger partial charge in [0.05, 0.1) is 29.8 Å². The van der Waals surface area contributed by atoms with Gasteiger partial charge in [-0.3, -0.25) is 4.99 Å². The molecular weight excluding hydrogens is 297 g/mol. The number of alkyl halides is 3. The van der Waals surface area contributed by atoms with Crippen LogP contribution in [0.4, 0.5) is 13.2 Å². The normalized spacial score (nSPS) is 14.9. The lowest BCUT2D eigenvalue weighted by Crippen LogP contribution is -2.09. The van der Waals surface area contributed by atoms with Crippen LogP contribution in [-0.4, -0.2) is 17.4 Å². The summed E-state index contributed by atoms with van der Waals surface area (Å²) in [6.07, 6.45) is -1.47. The topological polar surface area (TPSA) is 71.8 Å². The molecule has 3 N–H and O–H groups in total. The Balaban J connectivity index is 2.10. The molecule has 2 aromatic rings. The van der Waals surface area contributed by atoms with Gasteiger partial charge in [0.2, 0.25) is 0 Å². The largest absolute Gasteiger partial charge is 0.507 e. The minimum atomic E-state index is -4.52. The van der Waals surface area contributed by atoms with Crippen molar-refractivity contribution in [2.24, 2.45) is 10.7 Å². The average Bonchev–Trinajstić information content (AvgIpc) is 2.87. The third-order valence-corrected chi connectivity index (χ3v) is 3.32. The molecule has 0 radical (unpaired) electrons. The van der Waals surface area contributed by atoms with Crippen molar-refractivity contribution in [3.63, 3.8) is 0 Å². The lowest BCUT2D eigenvalue weighted by molar-refractivity contribution is -0.137. The number of benzene rings is 1. The number of aromatic hydroxyl groups is 1. The molecule has 0 unspecified atom stereocenters. The highest BCUT2D eigenvalue weighted by molar-refractivity contribution is 6.16. The van der Waals surface area contributed by atoms with Gasteiger partial charge in [0, 0.05) is 11.1 Å². The van der Waals surface area contributed by atoms with E-state index in [4.69, 9.17) is 10.2 Å².